The van der Waals surface area contributed by atoms with Gasteiger partial charge in [0.1, 0.15) is 0 Å². The van der Waals surface area contributed by atoms with Crippen LogP contribution in [0.5, 0.6) is 0 Å². The lowest BCUT2D eigenvalue weighted by Gasteiger charge is -2.22. The smallest absolute Gasteiger partial charge is 0.220 e. The molecule has 4 nitrogen and oxygen atoms in total. The maximum absolute atomic E-state index is 12.5. The molecule has 2 unspecified atom stereocenters. The molecule has 3 N–H and O–H groups in total. The number of carbonyl (C=O) groups excluding carboxylic acids is 1. The zero-order valence-corrected chi connectivity index (χ0v) is 45.8. The lowest BCUT2D eigenvalue weighted by molar-refractivity contribution is -0.123. The van der Waals surface area contributed by atoms with Crippen molar-refractivity contribution in [3.05, 3.63) is 97.2 Å². The fourth-order valence-electron chi connectivity index (χ4n) is 8.85. The highest BCUT2D eigenvalue weighted by atomic mass is 16.3. The van der Waals surface area contributed by atoms with E-state index in [2.05, 4.69) is 116 Å². The molecule has 0 aromatic heterocycles. The van der Waals surface area contributed by atoms with Crippen molar-refractivity contribution in [3.8, 4) is 0 Å². The van der Waals surface area contributed by atoms with E-state index in [0.717, 1.165) is 77.0 Å². The molecule has 1 amide bonds. The van der Waals surface area contributed by atoms with Crippen LogP contribution in [0.25, 0.3) is 0 Å². The van der Waals surface area contributed by atoms with Crippen LogP contribution in [0, 0.1) is 0 Å². The van der Waals surface area contributed by atoms with Crippen LogP contribution in [-0.4, -0.2) is 34.9 Å². The van der Waals surface area contributed by atoms with Crippen molar-refractivity contribution in [2.75, 3.05) is 6.61 Å². The molecular formula is C65H115NO3. The first-order valence-corrected chi connectivity index (χ1v) is 29.9. The van der Waals surface area contributed by atoms with Crippen LogP contribution in [0.1, 0.15) is 290 Å². The number of carbonyl (C=O) groups is 1. The van der Waals surface area contributed by atoms with Gasteiger partial charge in [0.2, 0.25) is 5.91 Å². The van der Waals surface area contributed by atoms with Gasteiger partial charge < -0.3 is 15.5 Å². The molecule has 0 heterocycles. The Balaban J connectivity index is 3.55. The molecule has 0 fully saturated rings. The number of hydrogen-bond donors (Lipinski definition) is 3. The molecule has 0 bridgehead atoms. The van der Waals surface area contributed by atoms with Gasteiger partial charge in [0.25, 0.3) is 0 Å². The van der Waals surface area contributed by atoms with Crippen molar-refractivity contribution in [1.82, 2.24) is 5.32 Å². The molecule has 0 aromatic carbocycles. The molecule has 0 spiro atoms. The summed E-state index contributed by atoms with van der Waals surface area (Å²) in [5, 5.41) is 23.4. The van der Waals surface area contributed by atoms with Gasteiger partial charge in [0.05, 0.1) is 18.8 Å². The van der Waals surface area contributed by atoms with E-state index < -0.39 is 12.1 Å². The number of aliphatic hydroxyl groups excluding tert-OH is 2. The second kappa shape index (κ2) is 59.6. The summed E-state index contributed by atoms with van der Waals surface area (Å²) in [6.07, 6.45) is 88.3. The Bertz CT molecular complexity index is 1270. The van der Waals surface area contributed by atoms with E-state index in [9.17, 15) is 15.0 Å². The summed E-state index contributed by atoms with van der Waals surface area (Å²) in [4.78, 5) is 12.5. The SMILES string of the molecule is CC/C=C\C/C=C\C/C=C\C/C=C\C/C=C\C/C=C\C/C=C\C/C=C\CCCCCCCCCCC(=O)NC(CO)C(O)CCCCCCCCCCCCCCCCCCCCCCCCCC. The van der Waals surface area contributed by atoms with Gasteiger partial charge in [-0.05, 0) is 77.0 Å². The van der Waals surface area contributed by atoms with E-state index in [4.69, 9.17) is 0 Å². The summed E-state index contributed by atoms with van der Waals surface area (Å²) in [5.74, 6) is -0.0406. The van der Waals surface area contributed by atoms with Crippen molar-refractivity contribution in [2.24, 2.45) is 0 Å². The Morgan fingerprint density at radius 3 is 0.957 bits per heavy atom. The number of rotatable bonds is 54. The third kappa shape index (κ3) is 56.1. The Hall–Kier alpha value is -2.69. The van der Waals surface area contributed by atoms with Gasteiger partial charge in [-0.2, -0.15) is 0 Å². The Labute approximate surface area is 430 Å². The number of aliphatic hydroxyl groups is 2. The standard InChI is InChI=1S/C65H115NO3/c1-3-5-7-9-11-13-15-17-19-21-23-25-27-29-30-31-32-33-34-35-36-37-39-41-43-45-47-49-51-53-55-57-59-61-65(69)66-63(62-67)64(68)60-58-56-54-52-50-48-46-44-42-40-38-28-26-24-22-20-18-16-14-12-10-8-6-4-2/h5,7,11,13,17,19,23,25,29-30,32-33,35-36,39,41,63-64,67-68H,3-4,6,8-10,12,14-16,18,20-22,24,26-28,31,34,37-38,40,42-62H2,1-2H3,(H,66,69)/b7-5-,13-11-,19-17-,25-23-,30-29-,33-32-,36-35-,41-39-. The fraction of sp³-hybridized carbons (Fsp3) is 0.738. The fourth-order valence-corrected chi connectivity index (χ4v) is 8.85. The lowest BCUT2D eigenvalue weighted by Crippen LogP contribution is -2.45. The monoisotopic (exact) mass is 958 g/mol. The van der Waals surface area contributed by atoms with Gasteiger partial charge in [-0.15, -0.1) is 0 Å². The average Bonchev–Trinajstić information content (AvgIpc) is 3.35. The molecule has 0 aliphatic rings. The average molecular weight is 959 g/mol. The molecule has 0 aliphatic carbocycles. The lowest BCUT2D eigenvalue weighted by atomic mass is 10.0. The molecule has 0 radical (unpaired) electrons. The molecule has 0 aromatic rings. The number of unbranched alkanes of at least 4 members (excludes halogenated alkanes) is 31. The van der Waals surface area contributed by atoms with Crippen molar-refractivity contribution < 1.29 is 15.0 Å². The molecule has 4 heteroatoms. The van der Waals surface area contributed by atoms with E-state index in [1.54, 1.807) is 0 Å². The van der Waals surface area contributed by atoms with Crippen molar-refractivity contribution in [1.29, 1.82) is 0 Å². The third-order valence-corrected chi connectivity index (χ3v) is 13.4. The zero-order chi connectivity index (χ0) is 49.9. The second-order valence-electron chi connectivity index (χ2n) is 20.0. The molecule has 398 valence electrons. The highest BCUT2D eigenvalue weighted by Gasteiger charge is 2.20. The van der Waals surface area contributed by atoms with Crippen molar-refractivity contribution >= 4 is 5.91 Å². The third-order valence-electron chi connectivity index (χ3n) is 13.4. The Kier molecular flexibility index (Phi) is 57.3. The van der Waals surface area contributed by atoms with Crippen LogP contribution in [0.15, 0.2) is 97.2 Å². The van der Waals surface area contributed by atoms with Crippen LogP contribution in [-0.2, 0) is 4.79 Å². The summed E-state index contributed by atoms with van der Waals surface area (Å²) in [7, 11) is 0. The minimum absolute atomic E-state index is 0.0406. The van der Waals surface area contributed by atoms with Gasteiger partial charge in [-0.25, -0.2) is 0 Å². The molecule has 0 rings (SSSR count). The minimum Gasteiger partial charge on any atom is -0.394 e. The van der Waals surface area contributed by atoms with E-state index in [1.807, 2.05) is 0 Å². The first kappa shape index (κ1) is 66.3. The maximum Gasteiger partial charge on any atom is 0.220 e. The number of hydrogen-bond acceptors (Lipinski definition) is 3. The van der Waals surface area contributed by atoms with Crippen LogP contribution >= 0.6 is 0 Å². The highest BCUT2D eigenvalue weighted by molar-refractivity contribution is 5.76. The van der Waals surface area contributed by atoms with Gasteiger partial charge in [-0.3, -0.25) is 4.79 Å². The van der Waals surface area contributed by atoms with Gasteiger partial charge in [-0.1, -0.05) is 304 Å². The highest BCUT2D eigenvalue weighted by Crippen LogP contribution is 2.17. The van der Waals surface area contributed by atoms with Gasteiger partial charge in [0, 0.05) is 6.42 Å². The zero-order valence-electron chi connectivity index (χ0n) is 45.8. The topological polar surface area (TPSA) is 69.6 Å². The largest absolute Gasteiger partial charge is 0.394 e. The minimum atomic E-state index is -0.671. The van der Waals surface area contributed by atoms with E-state index in [0.29, 0.717) is 12.8 Å². The summed E-state index contributed by atoms with van der Waals surface area (Å²) in [5.41, 5.74) is 0. The number of amides is 1. The van der Waals surface area contributed by atoms with Crippen LogP contribution in [0.3, 0.4) is 0 Å². The van der Waals surface area contributed by atoms with E-state index >= 15 is 0 Å². The first-order valence-electron chi connectivity index (χ1n) is 29.9. The summed E-state index contributed by atoms with van der Waals surface area (Å²) < 4.78 is 0. The van der Waals surface area contributed by atoms with E-state index in [-0.39, 0.29) is 12.5 Å². The quantitative estimate of drug-likeness (QED) is 0.0420. The normalized spacial score (nSPS) is 13.5. The molecule has 0 saturated heterocycles. The maximum atomic E-state index is 12.5. The number of nitrogens with one attached hydrogen (secondary N) is 1. The predicted octanol–water partition coefficient (Wildman–Crippen LogP) is 20.1. The predicted molar refractivity (Wildman–Crippen MR) is 308 cm³/mol. The molecular weight excluding hydrogens is 843 g/mol. The van der Waals surface area contributed by atoms with Gasteiger partial charge in [0.15, 0.2) is 0 Å². The molecule has 0 aliphatic heterocycles. The number of allylic oxidation sites excluding steroid dienone is 16. The Morgan fingerprint density at radius 1 is 0.362 bits per heavy atom. The molecule has 0 saturated carbocycles. The second-order valence-corrected chi connectivity index (χ2v) is 20.0. The van der Waals surface area contributed by atoms with Crippen LogP contribution < -0.4 is 5.32 Å². The summed E-state index contributed by atoms with van der Waals surface area (Å²) in [6.45, 7) is 4.26. The summed E-state index contributed by atoms with van der Waals surface area (Å²) >= 11 is 0. The molecule has 69 heavy (non-hydrogen) atoms. The van der Waals surface area contributed by atoms with E-state index in [1.165, 1.54) is 186 Å². The van der Waals surface area contributed by atoms with Crippen LogP contribution in [0.4, 0.5) is 0 Å². The summed E-state index contributed by atoms with van der Waals surface area (Å²) in [6, 6.07) is -0.549. The van der Waals surface area contributed by atoms with Crippen molar-refractivity contribution in [3.63, 3.8) is 0 Å². The molecule has 2 atom stereocenters. The van der Waals surface area contributed by atoms with Gasteiger partial charge >= 0.3 is 0 Å². The van der Waals surface area contributed by atoms with Crippen molar-refractivity contribution in [2.45, 2.75) is 302 Å². The van der Waals surface area contributed by atoms with Crippen LogP contribution in [0.2, 0.25) is 0 Å². The first-order chi connectivity index (χ1) is 34.2. The Morgan fingerprint density at radius 2 is 0.638 bits per heavy atom.